The second kappa shape index (κ2) is 6.04. The van der Waals surface area contributed by atoms with Gasteiger partial charge in [0, 0.05) is 10.4 Å². The van der Waals surface area contributed by atoms with Crippen LogP contribution in [0.25, 0.3) is 0 Å². The molecule has 1 amide bonds. The first-order chi connectivity index (χ1) is 10.8. The summed E-state index contributed by atoms with van der Waals surface area (Å²) in [4.78, 5) is 18.0. The number of aryl methyl sites for hydroxylation is 1. The Bertz CT molecular complexity index is 716. The number of hydrogen-bond acceptors (Lipinski definition) is 3. The van der Waals surface area contributed by atoms with Gasteiger partial charge in [0.15, 0.2) is 5.13 Å². The van der Waals surface area contributed by atoms with Gasteiger partial charge in [-0.1, -0.05) is 20.8 Å². The molecule has 0 radical (unpaired) electrons. The van der Waals surface area contributed by atoms with Crippen LogP contribution >= 0.6 is 11.3 Å². The fourth-order valence-corrected chi connectivity index (χ4v) is 4.02. The maximum absolute atomic E-state index is 12.9. The number of carbonyl (C=O) groups is 1. The van der Waals surface area contributed by atoms with Gasteiger partial charge in [-0.05, 0) is 54.9 Å². The fraction of sp³-hybridized carbons (Fsp3) is 0.444. The number of rotatable bonds is 2. The summed E-state index contributed by atoms with van der Waals surface area (Å²) in [6, 6.07) is 5.53. The van der Waals surface area contributed by atoms with E-state index in [4.69, 9.17) is 0 Å². The molecule has 1 N–H and O–H groups in total. The molecule has 2 aromatic rings. The molecule has 0 saturated heterocycles. The van der Waals surface area contributed by atoms with Crippen molar-refractivity contribution in [1.29, 1.82) is 0 Å². The summed E-state index contributed by atoms with van der Waals surface area (Å²) in [7, 11) is 0. The summed E-state index contributed by atoms with van der Waals surface area (Å²) in [5.41, 5.74) is 1.84. The predicted octanol–water partition coefficient (Wildman–Crippen LogP) is 4.69. The smallest absolute Gasteiger partial charge is 0.257 e. The lowest BCUT2D eigenvalue weighted by atomic mass is 9.73. The van der Waals surface area contributed by atoms with Gasteiger partial charge in [0.2, 0.25) is 0 Å². The Morgan fingerprint density at radius 3 is 2.65 bits per heavy atom. The third kappa shape index (κ3) is 3.61. The molecule has 0 spiro atoms. The Morgan fingerprint density at radius 2 is 2.00 bits per heavy atom. The molecule has 3 rings (SSSR count). The SMILES string of the molecule is CC(C)(C)[C@@H]1CCc2nc(NC(=O)c3ccc(F)cc3)sc2C1. The summed E-state index contributed by atoms with van der Waals surface area (Å²) >= 11 is 1.56. The first-order valence-electron chi connectivity index (χ1n) is 7.88. The fourth-order valence-electron chi connectivity index (χ4n) is 2.94. The molecular weight excluding hydrogens is 311 g/mol. The zero-order chi connectivity index (χ0) is 16.6. The number of anilines is 1. The van der Waals surface area contributed by atoms with Crippen LogP contribution in [0.2, 0.25) is 0 Å². The number of hydrogen-bond donors (Lipinski definition) is 1. The number of nitrogens with one attached hydrogen (secondary N) is 1. The van der Waals surface area contributed by atoms with E-state index in [-0.39, 0.29) is 11.7 Å². The minimum absolute atomic E-state index is 0.247. The van der Waals surface area contributed by atoms with Crippen molar-refractivity contribution in [2.45, 2.75) is 40.0 Å². The summed E-state index contributed by atoms with van der Waals surface area (Å²) in [5, 5.41) is 3.47. The van der Waals surface area contributed by atoms with Gasteiger partial charge >= 0.3 is 0 Å². The van der Waals surface area contributed by atoms with Gasteiger partial charge in [-0.25, -0.2) is 9.37 Å². The van der Waals surface area contributed by atoms with E-state index in [9.17, 15) is 9.18 Å². The van der Waals surface area contributed by atoms with Crippen molar-refractivity contribution in [3.05, 3.63) is 46.2 Å². The molecule has 1 aliphatic carbocycles. The summed E-state index contributed by atoms with van der Waals surface area (Å²) in [6.45, 7) is 6.84. The van der Waals surface area contributed by atoms with E-state index in [1.54, 1.807) is 11.3 Å². The molecule has 122 valence electrons. The lowest BCUT2D eigenvalue weighted by molar-refractivity contribution is 0.102. The topological polar surface area (TPSA) is 42.0 Å². The highest BCUT2D eigenvalue weighted by Crippen LogP contribution is 2.40. The Balaban J connectivity index is 1.72. The summed E-state index contributed by atoms with van der Waals surface area (Å²) in [5.74, 6) is 0.0547. The predicted molar refractivity (Wildman–Crippen MR) is 91.4 cm³/mol. The van der Waals surface area contributed by atoms with Gasteiger partial charge in [0.1, 0.15) is 5.82 Å². The molecule has 23 heavy (non-hydrogen) atoms. The van der Waals surface area contributed by atoms with Gasteiger partial charge in [-0.15, -0.1) is 11.3 Å². The Morgan fingerprint density at radius 1 is 1.30 bits per heavy atom. The highest BCUT2D eigenvalue weighted by molar-refractivity contribution is 7.15. The van der Waals surface area contributed by atoms with E-state index in [1.807, 2.05) is 0 Å². The molecule has 1 aromatic carbocycles. The number of aromatic nitrogens is 1. The first kappa shape index (κ1) is 16.1. The average molecular weight is 332 g/mol. The maximum Gasteiger partial charge on any atom is 0.257 e. The maximum atomic E-state index is 12.9. The number of halogens is 1. The van der Waals surface area contributed by atoms with Crippen molar-refractivity contribution in [3.63, 3.8) is 0 Å². The number of fused-ring (bicyclic) bond motifs is 1. The van der Waals surface area contributed by atoms with Gasteiger partial charge in [0.05, 0.1) is 5.69 Å². The lowest BCUT2D eigenvalue weighted by Gasteiger charge is -2.33. The van der Waals surface area contributed by atoms with Crippen molar-refractivity contribution >= 4 is 22.4 Å². The number of nitrogens with zero attached hydrogens (tertiary/aromatic N) is 1. The summed E-state index contributed by atoms with van der Waals surface area (Å²) in [6.07, 6.45) is 3.15. The van der Waals surface area contributed by atoms with E-state index < -0.39 is 0 Å². The van der Waals surface area contributed by atoms with Crippen LogP contribution in [-0.2, 0) is 12.8 Å². The second-order valence-corrected chi connectivity index (χ2v) is 8.24. The molecule has 3 nitrogen and oxygen atoms in total. The zero-order valence-corrected chi connectivity index (χ0v) is 14.5. The average Bonchev–Trinajstić information content (AvgIpc) is 2.88. The van der Waals surface area contributed by atoms with E-state index in [0.717, 1.165) is 25.0 Å². The molecule has 1 aliphatic rings. The molecule has 5 heteroatoms. The van der Waals surface area contributed by atoms with Crippen molar-refractivity contribution in [1.82, 2.24) is 4.98 Å². The van der Waals surface area contributed by atoms with Crippen LogP contribution in [0.5, 0.6) is 0 Å². The lowest BCUT2D eigenvalue weighted by Crippen LogP contribution is -2.26. The molecule has 1 heterocycles. The second-order valence-electron chi connectivity index (χ2n) is 7.16. The molecule has 0 saturated carbocycles. The molecule has 0 aliphatic heterocycles. The number of amides is 1. The molecule has 1 aromatic heterocycles. The normalized spacial score (nSPS) is 17.7. The number of carbonyl (C=O) groups excluding carboxylic acids is 1. The Labute approximate surface area is 140 Å². The number of thiazole rings is 1. The highest BCUT2D eigenvalue weighted by atomic mass is 32.1. The van der Waals surface area contributed by atoms with E-state index in [2.05, 4.69) is 31.1 Å². The van der Waals surface area contributed by atoms with Crippen LogP contribution in [0.4, 0.5) is 9.52 Å². The van der Waals surface area contributed by atoms with Crippen LogP contribution in [0.3, 0.4) is 0 Å². The highest BCUT2D eigenvalue weighted by Gasteiger charge is 2.30. The van der Waals surface area contributed by atoms with E-state index >= 15 is 0 Å². The van der Waals surface area contributed by atoms with Crippen LogP contribution < -0.4 is 5.32 Å². The monoisotopic (exact) mass is 332 g/mol. The first-order valence-corrected chi connectivity index (χ1v) is 8.70. The third-order valence-electron chi connectivity index (χ3n) is 4.49. The van der Waals surface area contributed by atoms with Gasteiger partial charge in [-0.2, -0.15) is 0 Å². The van der Waals surface area contributed by atoms with Crippen molar-refractivity contribution in [3.8, 4) is 0 Å². The quantitative estimate of drug-likeness (QED) is 0.867. The van der Waals surface area contributed by atoms with Gasteiger partial charge in [-0.3, -0.25) is 10.1 Å². The Hall–Kier alpha value is -1.75. The zero-order valence-electron chi connectivity index (χ0n) is 13.6. The van der Waals surface area contributed by atoms with Crippen LogP contribution in [0.15, 0.2) is 24.3 Å². The molecular formula is C18H21FN2OS. The minimum atomic E-state index is -0.348. The molecule has 0 bridgehead atoms. The van der Waals surface area contributed by atoms with E-state index in [0.29, 0.717) is 22.0 Å². The van der Waals surface area contributed by atoms with Gasteiger partial charge in [0.25, 0.3) is 5.91 Å². The van der Waals surface area contributed by atoms with Crippen molar-refractivity contribution in [2.24, 2.45) is 11.3 Å². The third-order valence-corrected chi connectivity index (χ3v) is 5.53. The molecule has 0 unspecified atom stereocenters. The largest absolute Gasteiger partial charge is 0.298 e. The van der Waals surface area contributed by atoms with Crippen molar-refractivity contribution in [2.75, 3.05) is 5.32 Å². The standard InChI is InChI=1S/C18H21FN2OS/c1-18(2,3)12-6-9-14-15(10-12)23-17(20-14)21-16(22)11-4-7-13(19)8-5-11/h4-5,7-8,12H,6,9-10H2,1-3H3,(H,20,21,22)/t12-/m1/s1. The van der Waals surface area contributed by atoms with Crippen LogP contribution in [0.1, 0.15) is 48.1 Å². The molecule has 1 atom stereocenters. The van der Waals surface area contributed by atoms with Crippen molar-refractivity contribution < 1.29 is 9.18 Å². The van der Waals surface area contributed by atoms with Gasteiger partial charge < -0.3 is 0 Å². The molecule has 0 fully saturated rings. The minimum Gasteiger partial charge on any atom is -0.298 e. The number of benzene rings is 1. The van der Waals surface area contributed by atoms with Crippen LogP contribution in [-0.4, -0.2) is 10.9 Å². The van der Waals surface area contributed by atoms with Crippen LogP contribution in [0, 0.1) is 17.2 Å². The Kier molecular flexibility index (Phi) is 4.23. The summed E-state index contributed by atoms with van der Waals surface area (Å²) < 4.78 is 12.9. The van der Waals surface area contributed by atoms with E-state index in [1.165, 1.54) is 29.1 Å².